The van der Waals surface area contributed by atoms with Gasteiger partial charge in [-0.2, -0.15) is 0 Å². The summed E-state index contributed by atoms with van der Waals surface area (Å²) in [5.41, 5.74) is 5.73. The fourth-order valence-corrected chi connectivity index (χ4v) is 2.09. The summed E-state index contributed by atoms with van der Waals surface area (Å²) in [5.74, 6) is 0.786. The summed E-state index contributed by atoms with van der Waals surface area (Å²) in [4.78, 5) is 11.6. The molecular formula is C11H22N2O. The molecule has 0 saturated heterocycles. The number of rotatable bonds is 4. The molecule has 3 unspecified atom stereocenters. The van der Waals surface area contributed by atoms with Crippen molar-refractivity contribution in [1.29, 1.82) is 0 Å². The summed E-state index contributed by atoms with van der Waals surface area (Å²) in [6.45, 7) is 4.28. The maximum absolute atomic E-state index is 11.6. The molecule has 3 N–H and O–H groups in total. The van der Waals surface area contributed by atoms with Crippen molar-refractivity contribution < 1.29 is 4.79 Å². The minimum atomic E-state index is -0.309. The molecule has 0 spiro atoms. The third kappa shape index (κ3) is 3.29. The molecule has 0 aromatic rings. The van der Waals surface area contributed by atoms with Crippen molar-refractivity contribution in [1.82, 2.24) is 5.32 Å². The van der Waals surface area contributed by atoms with Crippen LogP contribution in [0.1, 0.15) is 46.0 Å². The first-order valence-corrected chi connectivity index (χ1v) is 5.69. The summed E-state index contributed by atoms with van der Waals surface area (Å²) in [5, 5.41) is 3.03. The predicted octanol–water partition coefficient (Wildman–Crippen LogP) is 1.42. The highest BCUT2D eigenvalue weighted by Gasteiger charge is 2.24. The first-order valence-electron chi connectivity index (χ1n) is 5.69. The zero-order chi connectivity index (χ0) is 10.6. The van der Waals surface area contributed by atoms with Gasteiger partial charge in [0.05, 0.1) is 6.04 Å². The van der Waals surface area contributed by atoms with Crippen LogP contribution in [-0.2, 0) is 4.79 Å². The molecule has 1 amide bonds. The fraction of sp³-hybridized carbons (Fsp3) is 0.909. The maximum Gasteiger partial charge on any atom is 0.237 e. The number of hydrogen-bond acceptors (Lipinski definition) is 2. The van der Waals surface area contributed by atoms with Gasteiger partial charge in [0.1, 0.15) is 0 Å². The van der Waals surface area contributed by atoms with Gasteiger partial charge in [0.2, 0.25) is 5.91 Å². The fourth-order valence-electron chi connectivity index (χ4n) is 2.09. The van der Waals surface area contributed by atoms with E-state index in [0.717, 1.165) is 31.6 Å². The van der Waals surface area contributed by atoms with E-state index in [9.17, 15) is 4.79 Å². The second kappa shape index (κ2) is 5.35. The van der Waals surface area contributed by atoms with Crippen molar-refractivity contribution in [3.63, 3.8) is 0 Å². The van der Waals surface area contributed by atoms with Crippen LogP contribution in [0.2, 0.25) is 0 Å². The molecule has 1 aliphatic carbocycles. The Bertz CT molecular complexity index is 194. The normalized spacial score (nSPS) is 28.8. The van der Waals surface area contributed by atoms with E-state index in [1.807, 2.05) is 6.92 Å². The quantitative estimate of drug-likeness (QED) is 0.717. The van der Waals surface area contributed by atoms with Crippen LogP contribution < -0.4 is 11.1 Å². The van der Waals surface area contributed by atoms with Gasteiger partial charge in [-0.25, -0.2) is 0 Å². The lowest BCUT2D eigenvalue weighted by molar-refractivity contribution is -0.123. The van der Waals surface area contributed by atoms with E-state index in [1.54, 1.807) is 0 Å². The third-order valence-electron chi connectivity index (χ3n) is 2.98. The summed E-state index contributed by atoms with van der Waals surface area (Å²) in [6.07, 6.45) is 5.22. The zero-order valence-electron chi connectivity index (χ0n) is 9.25. The Hall–Kier alpha value is -0.570. The minimum Gasteiger partial charge on any atom is -0.352 e. The van der Waals surface area contributed by atoms with Crippen molar-refractivity contribution in [3.8, 4) is 0 Å². The molecular weight excluding hydrogens is 176 g/mol. The number of carbonyl (C=O) groups excluding carboxylic acids is 1. The van der Waals surface area contributed by atoms with E-state index in [1.165, 1.54) is 6.42 Å². The first kappa shape index (κ1) is 11.5. The number of nitrogens with one attached hydrogen (secondary N) is 1. The average molecular weight is 198 g/mol. The van der Waals surface area contributed by atoms with Gasteiger partial charge < -0.3 is 11.1 Å². The van der Waals surface area contributed by atoms with Crippen LogP contribution >= 0.6 is 0 Å². The lowest BCUT2D eigenvalue weighted by atomic mass is 10.1. The van der Waals surface area contributed by atoms with Gasteiger partial charge >= 0.3 is 0 Å². The molecule has 3 heteroatoms. The molecule has 82 valence electrons. The van der Waals surface area contributed by atoms with Crippen LogP contribution in [0.15, 0.2) is 0 Å². The highest BCUT2D eigenvalue weighted by Crippen LogP contribution is 2.24. The molecule has 0 aromatic heterocycles. The number of nitrogens with two attached hydrogens (primary N) is 1. The topological polar surface area (TPSA) is 55.1 Å². The van der Waals surface area contributed by atoms with Gasteiger partial charge in [-0.1, -0.05) is 20.3 Å². The lowest BCUT2D eigenvalue weighted by Crippen LogP contribution is -2.44. The molecule has 1 aliphatic rings. The van der Waals surface area contributed by atoms with Gasteiger partial charge in [-0.15, -0.1) is 0 Å². The maximum atomic E-state index is 11.6. The van der Waals surface area contributed by atoms with Crippen LogP contribution in [0.25, 0.3) is 0 Å². The van der Waals surface area contributed by atoms with Gasteiger partial charge in [0.25, 0.3) is 0 Å². The number of amides is 1. The van der Waals surface area contributed by atoms with Crippen LogP contribution in [0.3, 0.4) is 0 Å². The highest BCUT2D eigenvalue weighted by atomic mass is 16.2. The predicted molar refractivity (Wildman–Crippen MR) is 57.8 cm³/mol. The smallest absolute Gasteiger partial charge is 0.237 e. The van der Waals surface area contributed by atoms with E-state index in [-0.39, 0.29) is 11.9 Å². The molecule has 0 bridgehead atoms. The summed E-state index contributed by atoms with van der Waals surface area (Å²) >= 11 is 0. The largest absolute Gasteiger partial charge is 0.352 e. The Morgan fingerprint density at radius 3 is 2.79 bits per heavy atom. The van der Waals surface area contributed by atoms with Crippen LogP contribution in [0.5, 0.6) is 0 Å². The standard InChI is InChI=1S/C11H22N2O/c1-3-4-10(12)11(14)13-9-6-5-8(2)7-9/h8-10H,3-7,12H2,1-2H3,(H,13,14). The highest BCUT2D eigenvalue weighted by molar-refractivity contribution is 5.81. The Balaban J connectivity index is 2.26. The Kier molecular flexibility index (Phi) is 4.39. The second-order valence-corrected chi connectivity index (χ2v) is 4.52. The summed E-state index contributed by atoms with van der Waals surface area (Å²) in [7, 11) is 0. The molecule has 3 atom stereocenters. The molecule has 1 rings (SSSR count). The van der Waals surface area contributed by atoms with Crippen molar-refractivity contribution in [2.45, 2.75) is 58.0 Å². The van der Waals surface area contributed by atoms with Crippen molar-refractivity contribution >= 4 is 5.91 Å². The van der Waals surface area contributed by atoms with E-state index in [4.69, 9.17) is 5.73 Å². The SMILES string of the molecule is CCCC(N)C(=O)NC1CCC(C)C1. The molecule has 14 heavy (non-hydrogen) atoms. The summed E-state index contributed by atoms with van der Waals surface area (Å²) < 4.78 is 0. The average Bonchev–Trinajstić information content (AvgIpc) is 2.51. The van der Waals surface area contributed by atoms with Gasteiger partial charge in [-0.3, -0.25) is 4.79 Å². The van der Waals surface area contributed by atoms with Gasteiger partial charge in [0.15, 0.2) is 0 Å². The lowest BCUT2D eigenvalue weighted by Gasteiger charge is -2.16. The van der Waals surface area contributed by atoms with Crippen molar-refractivity contribution in [2.75, 3.05) is 0 Å². The van der Waals surface area contributed by atoms with E-state index < -0.39 is 0 Å². The summed E-state index contributed by atoms with van der Waals surface area (Å²) in [6, 6.07) is 0.0660. The van der Waals surface area contributed by atoms with E-state index in [0.29, 0.717) is 6.04 Å². The molecule has 3 nitrogen and oxygen atoms in total. The van der Waals surface area contributed by atoms with E-state index >= 15 is 0 Å². The molecule has 1 saturated carbocycles. The van der Waals surface area contributed by atoms with Crippen molar-refractivity contribution in [3.05, 3.63) is 0 Å². The molecule has 1 fully saturated rings. The Morgan fingerprint density at radius 1 is 1.57 bits per heavy atom. The second-order valence-electron chi connectivity index (χ2n) is 4.52. The van der Waals surface area contributed by atoms with Crippen LogP contribution in [-0.4, -0.2) is 18.0 Å². The first-order chi connectivity index (χ1) is 6.63. The zero-order valence-corrected chi connectivity index (χ0v) is 9.25. The Labute approximate surface area is 86.4 Å². The molecule has 0 radical (unpaired) electrons. The van der Waals surface area contributed by atoms with Crippen molar-refractivity contribution in [2.24, 2.45) is 11.7 Å². The third-order valence-corrected chi connectivity index (χ3v) is 2.98. The van der Waals surface area contributed by atoms with Gasteiger partial charge in [0, 0.05) is 6.04 Å². The number of carbonyl (C=O) groups is 1. The number of hydrogen-bond donors (Lipinski definition) is 2. The monoisotopic (exact) mass is 198 g/mol. The van der Waals surface area contributed by atoms with E-state index in [2.05, 4.69) is 12.2 Å². The minimum absolute atomic E-state index is 0.0333. The molecule has 0 heterocycles. The van der Waals surface area contributed by atoms with Crippen LogP contribution in [0.4, 0.5) is 0 Å². The Morgan fingerprint density at radius 2 is 2.29 bits per heavy atom. The molecule has 0 aliphatic heterocycles. The van der Waals surface area contributed by atoms with Crippen LogP contribution in [0, 0.1) is 5.92 Å². The van der Waals surface area contributed by atoms with Gasteiger partial charge in [-0.05, 0) is 31.6 Å². The molecule has 0 aromatic carbocycles.